The predicted molar refractivity (Wildman–Crippen MR) is 71.1 cm³/mol. The summed E-state index contributed by atoms with van der Waals surface area (Å²) in [5.74, 6) is -1.58. The number of ether oxygens (including phenoxy) is 1. The number of rotatable bonds is 5. The molecular formula is C14H20N2O3. The van der Waals surface area contributed by atoms with Gasteiger partial charge in [-0.25, -0.2) is 0 Å². The minimum absolute atomic E-state index is 0.101. The molecule has 0 bridgehead atoms. The van der Waals surface area contributed by atoms with Crippen LogP contribution in [0.4, 0.5) is 0 Å². The normalized spacial score (nSPS) is 12.1. The first-order valence-electron chi connectivity index (χ1n) is 6.19. The summed E-state index contributed by atoms with van der Waals surface area (Å²) in [7, 11) is 2.97. The van der Waals surface area contributed by atoms with Crippen molar-refractivity contribution in [1.29, 1.82) is 0 Å². The van der Waals surface area contributed by atoms with Crippen molar-refractivity contribution >= 4 is 11.9 Å². The summed E-state index contributed by atoms with van der Waals surface area (Å²) in [6.45, 7) is 4.09. The minimum atomic E-state index is -0.758. The van der Waals surface area contributed by atoms with Crippen LogP contribution in [0.3, 0.4) is 0 Å². The van der Waals surface area contributed by atoms with Gasteiger partial charge in [-0.3, -0.25) is 14.6 Å². The van der Waals surface area contributed by atoms with Gasteiger partial charge in [0.2, 0.25) is 5.91 Å². The van der Waals surface area contributed by atoms with E-state index in [-0.39, 0.29) is 11.8 Å². The Kier molecular flexibility index (Phi) is 5.48. The van der Waals surface area contributed by atoms with Gasteiger partial charge in [0.05, 0.1) is 7.11 Å². The Balaban J connectivity index is 2.77. The maximum Gasteiger partial charge on any atom is 0.318 e. The van der Waals surface area contributed by atoms with Crippen LogP contribution in [0.2, 0.25) is 0 Å². The van der Waals surface area contributed by atoms with Crippen LogP contribution < -0.4 is 0 Å². The molecule has 1 rings (SSSR count). The van der Waals surface area contributed by atoms with E-state index in [1.54, 1.807) is 19.4 Å². The third kappa shape index (κ3) is 4.05. The van der Waals surface area contributed by atoms with Gasteiger partial charge in [0.1, 0.15) is 5.92 Å². The Morgan fingerprint density at radius 1 is 1.42 bits per heavy atom. The Morgan fingerprint density at radius 2 is 2.11 bits per heavy atom. The van der Waals surface area contributed by atoms with Gasteiger partial charge in [-0.1, -0.05) is 19.9 Å². The predicted octanol–water partition coefficient (Wildman–Crippen LogP) is 1.49. The number of methoxy groups -OCH3 is 1. The number of nitrogens with zero attached hydrogens (tertiary/aromatic N) is 2. The lowest BCUT2D eigenvalue weighted by Crippen LogP contribution is -2.39. The number of aromatic nitrogens is 1. The summed E-state index contributed by atoms with van der Waals surface area (Å²) in [5, 5.41) is 0. The Bertz CT molecular complexity index is 432. The van der Waals surface area contributed by atoms with E-state index >= 15 is 0 Å². The molecule has 1 unspecified atom stereocenters. The molecule has 1 amide bonds. The fourth-order valence-corrected chi connectivity index (χ4v) is 1.87. The second-order valence-electron chi connectivity index (χ2n) is 4.80. The molecule has 1 atom stereocenters. The summed E-state index contributed by atoms with van der Waals surface area (Å²) in [5.41, 5.74) is 0.922. The van der Waals surface area contributed by atoms with Crippen molar-refractivity contribution in [2.75, 3.05) is 14.2 Å². The van der Waals surface area contributed by atoms with Crippen LogP contribution in [0, 0.1) is 11.8 Å². The minimum Gasteiger partial charge on any atom is -0.468 e. The zero-order valence-electron chi connectivity index (χ0n) is 11.8. The van der Waals surface area contributed by atoms with Gasteiger partial charge < -0.3 is 9.64 Å². The van der Waals surface area contributed by atoms with E-state index in [4.69, 9.17) is 4.74 Å². The molecule has 0 aliphatic rings. The standard InChI is InChI=1S/C14H20N2O3/c1-10(2)12(14(18)19-4)13(17)16(3)9-11-6-5-7-15-8-11/h5-8,10,12H,9H2,1-4H3. The van der Waals surface area contributed by atoms with Gasteiger partial charge >= 0.3 is 5.97 Å². The van der Waals surface area contributed by atoms with E-state index in [2.05, 4.69) is 4.98 Å². The maximum absolute atomic E-state index is 12.3. The van der Waals surface area contributed by atoms with Crippen molar-refractivity contribution in [2.24, 2.45) is 11.8 Å². The monoisotopic (exact) mass is 264 g/mol. The topological polar surface area (TPSA) is 59.5 Å². The molecule has 19 heavy (non-hydrogen) atoms. The Labute approximate surface area is 113 Å². The number of amides is 1. The molecule has 0 radical (unpaired) electrons. The summed E-state index contributed by atoms with van der Waals surface area (Å²) >= 11 is 0. The first kappa shape index (κ1) is 15.1. The van der Waals surface area contributed by atoms with Crippen LogP contribution >= 0.6 is 0 Å². The largest absolute Gasteiger partial charge is 0.468 e. The second-order valence-corrected chi connectivity index (χ2v) is 4.80. The fraction of sp³-hybridized carbons (Fsp3) is 0.500. The first-order valence-corrected chi connectivity index (χ1v) is 6.19. The van der Waals surface area contributed by atoms with Crippen molar-refractivity contribution in [2.45, 2.75) is 20.4 Å². The molecule has 1 heterocycles. The van der Waals surface area contributed by atoms with Crippen molar-refractivity contribution in [3.05, 3.63) is 30.1 Å². The van der Waals surface area contributed by atoms with E-state index in [1.165, 1.54) is 12.0 Å². The van der Waals surface area contributed by atoms with Crippen molar-refractivity contribution < 1.29 is 14.3 Å². The maximum atomic E-state index is 12.3. The zero-order chi connectivity index (χ0) is 14.4. The van der Waals surface area contributed by atoms with Gasteiger partial charge in [-0.05, 0) is 17.5 Å². The SMILES string of the molecule is COC(=O)C(C(=O)N(C)Cc1cccnc1)C(C)C. The molecular weight excluding hydrogens is 244 g/mol. The third-order valence-corrected chi connectivity index (χ3v) is 2.91. The molecule has 0 spiro atoms. The smallest absolute Gasteiger partial charge is 0.318 e. The Morgan fingerprint density at radius 3 is 2.58 bits per heavy atom. The van der Waals surface area contributed by atoms with E-state index in [0.29, 0.717) is 6.54 Å². The van der Waals surface area contributed by atoms with E-state index in [9.17, 15) is 9.59 Å². The van der Waals surface area contributed by atoms with Crippen molar-refractivity contribution in [3.8, 4) is 0 Å². The van der Waals surface area contributed by atoms with Crippen LogP contribution in [0.1, 0.15) is 19.4 Å². The van der Waals surface area contributed by atoms with Crippen LogP contribution in [0.5, 0.6) is 0 Å². The number of hydrogen-bond donors (Lipinski definition) is 0. The molecule has 0 aliphatic carbocycles. The van der Waals surface area contributed by atoms with Crippen LogP contribution in [0.25, 0.3) is 0 Å². The van der Waals surface area contributed by atoms with Gasteiger partial charge in [-0.2, -0.15) is 0 Å². The lowest BCUT2D eigenvalue weighted by atomic mass is 9.94. The highest BCUT2D eigenvalue weighted by Gasteiger charge is 2.32. The molecule has 1 aromatic rings. The zero-order valence-corrected chi connectivity index (χ0v) is 11.8. The highest BCUT2D eigenvalue weighted by Crippen LogP contribution is 2.16. The third-order valence-electron chi connectivity index (χ3n) is 2.91. The number of hydrogen-bond acceptors (Lipinski definition) is 4. The van der Waals surface area contributed by atoms with Gasteiger partial charge in [-0.15, -0.1) is 0 Å². The summed E-state index contributed by atoms with van der Waals surface area (Å²) < 4.78 is 4.70. The molecule has 0 saturated carbocycles. The first-order chi connectivity index (χ1) is 8.97. The fourth-order valence-electron chi connectivity index (χ4n) is 1.87. The summed E-state index contributed by atoms with van der Waals surface area (Å²) in [6.07, 6.45) is 3.38. The van der Waals surface area contributed by atoms with Crippen molar-refractivity contribution in [1.82, 2.24) is 9.88 Å². The molecule has 0 saturated heterocycles. The van der Waals surface area contributed by atoms with Crippen LogP contribution in [-0.2, 0) is 20.9 Å². The quantitative estimate of drug-likeness (QED) is 0.597. The second kappa shape index (κ2) is 6.87. The number of pyridine rings is 1. The molecule has 0 aromatic carbocycles. The van der Waals surface area contributed by atoms with Gasteiger partial charge in [0, 0.05) is 26.0 Å². The number of carbonyl (C=O) groups excluding carboxylic acids is 2. The average Bonchev–Trinajstić information content (AvgIpc) is 2.39. The van der Waals surface area contributed by atoms with E-state index < -0.39 is 11.9 Å². The van der Waals surface area contributed by atoms with Crippen LogP contribution in [-0.4, -0.2) is 35.9 Å². The molecule has 5 nitrogen and oxygen atoms in total. The van der Waals surface area contributed by atoms with Gasteiger partial charge in [0.25, 0.3) is 0 Å². The van der Waals surface area contributed by atoms with E-state index in [0.717, 1.165) is 5.56 Å². The van der Waals surface area contributed by atoms with Crippen LogP contribution in [0.15, 0.2) is 24.5 Å². The lowest BCUT2D eigenvalue weighted by molar-refractivity contribution is -0.155. The molecule has 0 aliphatic heterocycles. The molecule has 0 fully saturated rings. The molecule has 0 N–H and O–H groups in total. The summed E-state index contributed by atoms with van der Waals surface area (Å²) in [4.78, 5) is 29.5. The average molecular weight is 264 g/mol. The highest BCUT2D eigenvalue weighted by atomic mass is 16.5. The summed E-state index contributed by atoms with van der Waals surface area (Å²) in [6, 6.07) is 3.70. The Hall–Kier alpha value is -1.91. The molecule has 5 heteroatoms. The molecule has 104 valence electrons. The number of carbonyl (C=O) groups is 2. The highest BCUT2D eigenvalue weighted by molar-refractivity contribution is 5.97. The molecule has 1 aromatic heterocycles. The van der Waals surface area contributed by atoms with E-state index in [1.807, 2.05) is 26.0 Å². The van der Waals surface area contributed by atoms with Crippen molar-refractivity contribution in [3.63, 3.8) is 0 Å². The lowest BCUT2D eigenvalue weighted by Gasteiger charge is -2.24. The number of esters is 1. The van der Waals surface area contributed by atoms with Gasteiger partial charge in [0.15, 0.2) is 0 Å².